The van der Waals surface area contributed by atoms with E-state index in [0.717, 1.165) is 0 Å². The number of benzene rings is 1. The maximum absolute atomic E-state index is 13.2. The first kappa shape index (κ1) is 18.1. The average molecular weight is 378 g/mol. The standard InChI is InChI=1S/C18H17ClFN3O3/c1-9-13(16(24)22-10(2)14(9)19)18(26)23-8-7-21-17(25)15(23)11-3-5-12(20)6-4-11/h3-6,15H,7-8H2,1-2H3,(H,21,25)(H,22,24). The summed E-state index contributed by atoms with van der Waals surface area (Å²) < 4.78 is 13.2. The molecule has 1 unspecified atom stereocenters. The highest BCUT2D eigenvalue weighted by Crippen LogP contribution is 2.27. The highest BCUT2D eigenvalue weighted by atomic mass is 35.5. The summed E-state index contributed by atoms with van der Waals surface area (Å²) in [5, 5.41) is 2.99. The second-order valence-electron chi connectivity index (χ2n) is 6.14. The van der Waals surface area contributed by atoms with E-state index in [0.29, 0.717) is 21.8 Å². The molecular formula is C18H17ClFN3O3. The number of aryl methyl sites for hydroxylation is 1. The second-order valence-corrected chi connectivity index (χ2v) is 6.51. The summed E-state index contributed by atoms with van der Waals surface area (Å²) >= 11 is 6.18. The molecule has 2 amide bonds. The van der Waals surface area contributed by atoms with E-state index in [-0.39, 0.29) is 24.6 Å². The Bertz CT molecular complexity index is 940. The van der Waals surface area contributed by atoms with Crippen molar-refractivity contribution in [3.05, 3.63) is 67.8 Å². The zero-order chi connectivity index (χ0) is 19.0. The Morgan fingerprint density at radius 3 is 2.54 bits per heavy atom. The molecular weight excluding hydrogens is 361 g/mol. The molecule has 1 atom stereocenters. The van der Waals surface area contributed by atoms with E-state index in [4.69, 9.17) is 11.6 Å². The summed E-state index contributed by atoms with van der Waals surface area (Å²) in [5.74, 6) is -1.42. The molecule has 1 aromatic heterocycles. The highest BCUT2D eigenvalue weighted by Gasteiger charge is 2.36. The maximum atomic E-state index is 13.2. The molecule has 3 rings (SSSR count). The Balaban J connectivity index is 2.07. The van der Waals surface area contributed by atoms with E-state index in [9.17, 15) is 18.8 Å². The lowest BCUT2D eigenvalue weighted by molar-refractivity contribution is -0.128. The van der Waals surface area contributed by atoms with Gasteiger partial charge in [-0.25, -0.2) is 4.39 Å². The third-order valence-electron chi connectivity index (χ3n) is 4.43. The van der Waals surface area contributed by atoms with Gasteiger partial charge in [0.2, 0.25) is 5.91 Å². The zero-order valence-electron chi connectivity index (χ0n) is 14.2. The van der Waals surface area contributed by atoms with Crippen LogP contribution in [0.4, 0.5) is 4.39 Å². The first-order valence-corrected chi connectivity index (χ1v) is 8.42. The van der Waals surface area contributed by atoms with Crippen LogP contribution in [0, 0.1) is 19.7 Å². The Morgan fingerprint density at radius 2 is 1.88 bits per heavy atom. The minimum Gasteiger partial charge on any atom is -0.352 e. The molecule has 0 spiro atoms. The fraction of sp³-hybridized carbons (Fsp3) is 0.278. The van der Waals surface area contributed by atoms with Gasteiger partial charge in [-0.2, -0.15) is 0 Å². The van der Waals surface area contributed by atoms with Crippen LogP contribution in [-0.4, -0.2) is 34.8 Å². The van der Waals surface area contributed by atoms with Gasteiger partial charge >= 0.3 is 0 Å². The number of aromatic amines is 1. The van der Waals surface area contributed by atoms with Gasteiger partial charge in [0.1, 0.15) is 17.4 Å². The molecule has 0 aliphatic carbocycles. The number of halogens is 2. The number of nitrogens with one attached hydrogen (secondary N) is 2. The van der Waals surface area contributed by atoms with E-state index >= 15 is 0 Å². The minimum atomic E-state index is -0.948. The maximum Gasteiger partial charge on any atom is 0.261 e. The fourth-order valence-electron chi connectivity index (χ4n) is 3.11. The van der Waals surface area contributed by atoms with Crippen LogP contribution in [0.1, 0.15) is 33.2 Å². The number of hydrogen-bond donors (Lipinski definition) is 2. The highest BCUT2D eigenvalue weighted by molar-refractivity contribution is 6.32. The van der Waals surface area contributed by atoms with Gasteiger partial charge in [-0.05, 0) is 37.1 Å². The SMILES string of the molecule is Cc1[nH]c(=O)c(C(=O)N2CCNC(=O)C2c2ccc(F)cc2)c(C)c1Cl. The second kappa shape index (κ2) is 6.92. The summed E-state index contributed by atoms with van der Waals surface area (Å²) in [5.41, 5.74) is 0.642. The molecule has 6 nitrogen and oxygen atoms in total. The van der Waals surface area contributed by atoms with Crippen LogP contribution < -0.4 is 10.9 Å². The van der Waals surface area contributed by atoms with Crippen molar-refractivity contribution in [2.45, 2.75) is 19.9 Å². The first-order chi connectivity index (χ1) is 12.3. The van der Waals surface area contributed by atoms with Crippen molar-refractivity contribution >= 4 is 23.4 Å². The normalized spacial score (nSPS) is 17.2. The number of carbonyl (C=O) groups excluding carboxylic acids is 2. The number of rotatable bonds is 2. The zero-order valence-corrected chi connectivity index (χ0v) is 15.0. The number of piperazine rings is 1. The molecule has 8 heteroatoms. The van der Waals surface area contributed by atoms with Gasteiger partial charge in [0.25, 0.3) is 11.5 Å². The Hall–Kier alpha value is -2.67. The van der Waals surface area contributed by atoms with E-state index in [1.807, 2.05) is 0 Å². The number of nitrogens with zero attached hydrogens (tertiary/aromatic N) is 1. The molecule has 2 heterocycles. The van der Waals surface area contributed by atoms with Crippen LogP contribution in [-0.2, 0) is 4.79 Å². The van der Waals surface area contributed by atoms with Gasteiger partial charge in [0.15, 0.2) is 0 Å². The molecule has 0 bridgehead atoms. The molecule has 2 aromatic rings. The summed E-state index contributed by atoms with van der Waals surface area (Å²) in [4.78, 5) is 41.7. The van der Waals surface area contributed by atoms with Crippen molar-refractivity contribution in [3.63, 3.8) is 0 Å². The predicted octanol–water partition coefficient (Wildman–Crippen LogP) is 2.10. The summed E-state index contributed by atoms with van der Waals surface area (Å²) in [6.07, 6.45) is 0. The van der Waals surface area contributed by atoms with Gasteiger partial charge < -0.3 is 15.2 Å². The van der Waals surface area contributed by atoms with Crippen LogP contribution in [0.3, 0.4) is 0 Å². The van der Waals surface area contributed by atoms with Crippen LogP contribution in [0.5, 0.6) is 0 Å². The Labute approximate surface area is 154 Å². The van der Waals surface area contributed by atoms with Gasteiger partial charge in [0, 0.05) is 18.8 Å². The third-order valence-corrected chi connectivity index (χ3v) is 5.00. The Kier molecular flexibility index (Phi) is 4.82. The molecule has 1 fully saturated rings. The lowest BCUT2D eigenvalue weighted by Crippen LogP contribution is -2.53. The predicted molar refractivity (Wildman–Crippen MR) is 94.7 cm³/mol. The summed E-state index contributed by atoms with van der Waals surface area (Å²) in [6, 6.07) is 4.39. The lowest BCUT2D eigenvalue weighted by atomic mass is 10.00. The molecule has 1 aliphatic heterocycles. The number of amides is 2. The Morgan fingerprint density at radius 1 is 1.23 bits per heavy atom. The number of carbonyl (C=O) groups is 2. The van der Waals surface area contributed by atoms with Crippen LogP contribution >= 0.6 is 11.6 Å². The van der Waals surface area contributed by atoms with Crippen molar-refractivity contribution in [2.75, 3.05) is 13.1 Å². The van der Waals surface area contributed by atoms with E-state index < -0.39 is 23.3 Å². The quantitative estimate of drug-likeness (QED) is 0.840. The lowest BCUT2D eigenvalue weighted by Gasteiger charge is -2.35. The topological polar surface area (TPSA) is 82.3 Å². The number of aromatic nitrogens is 1. The van der Waals surface area contributed by atoms with Gasteiger partial charge in [-0.1, -0.05) is 23.7 Å². The van der Waals surface area contributed by atoms with E-state index in [1.165, 1.54) is 29.2 Å². The van der Waals surface area contributed by atoms with Crippen molar-refractivity contribution in [1.29, 1.82) is 0 Å². The van der Waals surface area contributed by atoms with Crippen molar-refractivity contribution in [1.82, 2.24) is 15.2 Å². The summed E-state index contributed by atoms with van der Waals surface area (Å²) in [7, 11) is 0. The van der Waals surface area contributed by atoms with E-state index in [2.05, 4.69) is 10.3 Å². The van der Waals surface area contributed by atoms with E-state index in [1.54, 1.807) is 13.8 Å². The molecule has 136 valence electrons. The largest absolute Gasteiger partial charge is 0.352 e. The van der Waals surface area contributed by atoms with Crippen LogP contribution in [0.15, 0.2) is 29.1 Å². The number of hydrogen-bond acceptors (Lipinski definition) is 3. The monoisotopic (exact) mass is 377 g/mol. The van der Waals surface area contributed by atoms with Gasteiger partial charge in [0.05, 0.1) is 5.02 Å². The summed E-state index contributed by atoms with van der Waals surface area (Å²) in [6.45, 7) is 3.71. The van der Waals surface area contributed by atoms with Crippen molar-refractivity contribution < 1.29 is 14.0 Å². The number of H-pyrrole nitrogens is 1. The molecule has 0 saturated carbocycles. The molecule has 0 radical (unpaired) electrons. The van der Waals surface area contributed by atoms with Crippen LogP contribution in [0.2, 0.25) is 5.02 Å². The molecule has 2 N–H and O–H groups in total. The molecule has 26 heavy (non-hydrogen) atoms. The smallest absolute Gasteiger partial charge is 0.261 e. The third kappa shape index (κ3) is 3.10. The van der Waals surface area contributed by atoms with Gasteiger partial charge in [-0.3, -0.25) is 14.4 Å². The molecule has 1 saturated heterocycles. The van der Waals surface area contributed by atoms with Crippen molar-refractivity contribution in [3.8, 4) is 0 Å². The van der Waals surface area contributed by atoms with Crippen molar-refractivity contribution in [2.24, 2.45) is 0 Å². The van der Waals surface area contributed by atoms with Gasteiger partial charge in [-0.15, -0.1) is 0 Å². The first-order valence-electron chi connectivity index (χ1n) is 8.04. The van der Waals surface area contributed by atoms with Crippen LogP contribution in [0.25, 0.3) is 0 Å². The fourth-order valence-corrected chi connectivity index (χ4v) is 3.25. The molecule has 1 aromatic carbocycles. The minimum absolute atomic E-state index is 0.0950. The molecule has 1 aliphatic rings. The average Bonchev–Trinajstić information content (AvgIpc) is 2.60. The number of pyridine rings is 1.